The third-order valence-electron chi connectivity index (χ3n) is 3.86. The van der Waals surface area contributed by atoms with Crippen molar-refractivity contribution in [1.82, 2.24) is 0 Å². The van der Waals surface area contributed by atoms with Gasteiger partial charge in [0, 0.05) is 10.1 Å². The smallest absolute Gasteiger partial charge is 0.325 e. The fraction of sp³-hybridized carbons (Fsp3) is 0.588. The van der Waals surface area contributed by atoms with Crippen LogP contribution in [-0.2, 0) is 22.4 Å². The minimum Gasteiger partial charge on any atom is -0.465 e. The van der Waals surface area contributed by atoms with Crippen LogP contribution in [0.4, 0.5) is 0 Å². The van der Waals surface area contributed by atoms with Crippen molar-refractivity contribution in [3.63, 3.8) is 0 Å². The molecule has 116 valence electrons. The molecule has 0 heterocycles. The molecular weight excluding hydrogens is 282 g/mol. The summed E-state index contributed by atoms with van der Waals surface area (Å²) in [5.41, 5.74) is 8.15. The molecule has 4 heteroatoms. The second-order valence-corrected chi connectivity index (χ2v) is 7.57. The van der Waals surface area contributed by atoms with Crippen molar-refractivity contribution in [2.45, 2.75) is 62.1 Å². The quantitative estimate of drug-likeness (QED) is 0.647. The van der Waals surface area contributed by atoms with Gasteiger partial charge in [0.2, 0.25) is 0 Å². The predicted octanol–water partition coefficient (Wildman–Crippen LogP) is 3.33. The molecule has 21 heavy (non-hydrogen) atoms. The molecule has 0 amide bonds. The number of carbonyl (C=O) groups is 1. The number of nitrogens with two attached hydrogens (primary N) is 1. The zero-order valence-corrected chi connectivity index (χ0v) is 14.0. The van der Waals surface area contributed by atoms with Gasteiger partial charge in [0.05, 0.1) is 6.61 Å². The van der Waals surface area contributed by atoms with Crippen LogP contribution in [0.2, 0.25) is 0 Å². The molecule has 1 aliphatic carbocycles. The van der Waals surface area contributed by atoms with Crippen LogP contribution >= 0.6 is 11.8 Å². The van der Waals surface area contributed by atoms with Gasteiger partial charge in [-0.05, 0) is 62.8 Å². The summed E-state index contributed by atoms with van der Waals surface area (Å²) < 4.78 is 5.05. The average molecular weight is 307 g/mol. The van der Waals surface area contributed by atoms with E-state index < -0.39 is 5.54 Å². The number of benzene rings is 1. The summed E-state index contributed by atoms with van der Waals surface area (Å²) in [5, 5.41) is 0.267. The second-order valence-electron chi connectivity index (χ2n) is 6.05. The lowest BCUT2D eigenvalue weighted by molar-refractivity contribution is -0.149. The van der Waals surface area contributed by atoms with Gasteiger partial charge in [-0.3, -0.25) is 4.79 Å². The van der Waals surface area contributed by atoms with Crippen LogP contribution in [0.3, 0.4) is 0 Å². The minimum atomic E-state index is -0.918. The number of rotatable bonds is 6. The van der Waals surface area contributed by atoms with Gasteiger partial charge >= 0.3 is 5.97 Å². The van der Waals surface area contributed by atoms with Gasteiger partial charge in [-0.25, -0.2) is 0 Å². The normalized spacial score (nSPS) is 17.9. The molecule has 0 aliphatic heterocycles. The van der Waals surface area contributed by atoms with Crippen LogP contribution in [-0.4, -0.2) is 23.4 Å². The van der Waals surface area contributed by atoms with Crippen molar-refractivity contribution in [3.05, 3.63) is 29.3 Å². The molecule has 0 spiro atoms. The van der Waals surface area contributed by atoms with Crippen molar-refractivity contribution in [3.8, 4) is 0 Å². The van der Waals surface area contributed by atoms with E-state index in [4.69, 9.17) is 10.5 Å². The van der Waals surface area contributed by atoms with E-state index in [1.54, 1.807) is 25.6 Å². The van der Waals surface area contributed by atoms with Gasteiger partial charge < -0.3 is 10.5 Å². The Labute approximate surface area is 131 Å². The number of ether oxygens (including phenoxy) is 1. The van der Waals surface area contributed by atoms with Crippen LogP contribution < -0.4 is 5.73 Å². The number of hydrogen-bond donors (Lipinski definition) is 1. The van der Waals surface area contributed by atoms with E-state index in [9.17, 15) is 4.79 Å². The Hall–Kier alpha value is -1.00. The highest BCUT2D eigenvalue weighted by molar-refractivity contribution is 7.99. The van der Waals surface area contributed by atoms with Gasteiger partial charge in [-0.15, -0.1) is 11.8 Å². The van der Waals surface area contributed by atoms with Gasteiger partial charge in [0.15, 0.2) is 0 Å². The lowest BCUT2D eigenvalue weighted by atomic mass is 9.98. The summed E-state index contributed by atoms with van der Waals surface area (Å²) >= 11 is 1.78. The molecular formula is C17H25NO2S. The van der Waals surface area contributed by atoms with Gasteiger partial charge in [-0.1, -0.05) is 13.0 Å². The Kier molecular flexibility index (Phi) is 5.33. The van der Waals surface area contributed by atoms with Crippen molar-refractivity contribution in [2.75, 3.05) is 6.61 Å². The Morgan fingerprint density at radius 1 is 1.43 bits per heavy atom. The van der Waals surface area contributed by atoms with Crippen LogP contribution in [0.15, 0.2) is 23.1 Å². The summed E-state index contributed by atoms with van der Waals surface area (Å²) in [6, 6.07) is 6.72. The molecule has 0 radical (unpaired) electrons. The standard InChI is InChI=1S/C17H25NO2S/c1-4-20-16(19)17(3,18)11-12(2)21-15-9-8-13-6-5-7-14(13)10-15/h8-10,12H,4-7,11,18H2,1-3H3. The molecule has 1 aliphatic rings. The maximum absolute atomic E-state index is 11.8. The van der Waals surface area contributed by atoms with E-state index in [1.807, 2.05) is 0 Å². The van der Waals surface area contributed by atoms with Crippen LogP contribution in [0, 0.1) is 0 Å². The Bertz CT molecular complexity index is 514. The zero-order chi connectivity index (χ0) is 15.5. The lowest BCUT2D eigenvalue weighted by Gasteiger charge is -2.25. The van der Waals surface area contributed by atoms with E-state index in [-0.39, 0.29) is 11.2 Å². The maximum atomic E-state index is 11.8. The number of hydrogen-bond acceptors (Lipinski definition) is 4. The summed E-state index contributed by atoms with van der Waals surface area (Å²) in [5.74, 6) is -0.314. The van der Waals surface area contributed by atoms with Crippen molar-refractivity contribution in [1.29, 1.82) is 0 Å². The van der Waals surface area contributed by atoms with E-state index in [1.165, 1.54) is 35.3 Å². The fourth-order valence-corrected chi connectivity index (χ4v) is 4.12. The molecule has 2 atom stereocenters. The van der Waals surface area contributed by atoms with E-state index in [0.717, 1.165) is 0 Å². The van der Waals surface area contributed by atoms with Gasteiger partial charge in [-0.2, -0.15) is 0 Å². The number of fused-ring (bicyclic) bond motifs is 1. The molecule has 0 aromatic heterocycles. The number of esters is 1. The maximum Gasteiger partial charge on any atom is 0.325 e. The molecule has 2 rings (SSSR count). The molecule has 1 aromatic carbocycles. The predicted molar refractivity (Wildman–Crippen MR) is 87.6 cm³/mol. The highest BCUT2D eigenvalue weighted by atomic mass is 32.2. The Balaban J connectivity index is 1.95. The largest absolute Gasteiger partial charge is 0.465 e. The monoisotopic (exact) mass is 307 g/mol. The number of thioether (sulfide) groups is 1. The van der Waals surface area contributed by atoms with E-state index in [0.29, 0.717) is 13.0 Å². The topological polar surface area (TPSA) is 52.3 Å². The fourth-order valence-electron chi connectivity index (χ4n) is 2.87. The molecule has 2 unspecified atom stereocenters. The first-order valence-electron chi connectivity index (χ1n) is 7.67. The molecule has 0 saturated heterocycles. The Morgan fingerprint density at radius 2 is 2.14 bits per heavy atom. The Morgan fingerprint density at radius 3 is 2.86 bits per heavy atom. The highest BCUT2D eigenvalue weighted by Crippen LogP contribution is 2.32. The van der Waals surface area contributed by atoms with Crippen LogP contribution in [0.1, 0.15) is 44.7 Å². The third-order valence-corrected chi connectivity index (χ3v) is 4.96. The summed E-state index contributed by atoms with van der Waals surface area (Å²) in [6.07, 6.45) is 4.27. The van der Waals surface area contributed by atoms with Gasteiger partial charge in [0.25, 0.3) is 0 Å². The molecule has 3 nitrogen and oxygen atoms in total. The molecule has 1 aromatic rings. The second kappa shape index (κ2) is 6.84. The summed E-state index contributed by atoms with van der Waals surface area (Å²) in [7, 11) is 0. The van der Waals surface area contributed by atoms with E-state index in [2.05, 4.69) is 25.1 Å². The first kappa shape index (κ1) is 16.4. The van der Waals surface area contributed by atoms with Gasteiger partial charge in [0.1, 0.15) is 5.54 Å². The number of carbonyl (C=O) groups excluding carboxylic acids is 1. The molecule has 0 saturated carbocycles. The number of aryl methyl sites for hydroxylation is 2. The van der Waals surface area contributed by atoms with Crippen LogP contribution in [0.5, 0.6) is 0 Å². The van der Waals surface area contributed by atoms with Crippen molar-refractivity contribution < 1.29 is 9.53 Å². The van der Waals surface area contributed by atoms with Crippen LogP contribution in [0.25, 0.3) is 0 Å². The molecule has 0 bridgehead atoms. The summed E-state index contributed by atoms with van der Waals surface area (Å²) in [4.78, 5) is 13.1. The minimum absolute atomic E-state index is 0.267. The van der Waals surface area contributed by atoms with E-state index >= 15 is 0 Å². The lowest BCUT2D eigenvalue weighted by Crippen LogP contribution is -2.47. The zero-order valence-electron chi connectivity index (χ0n) is 13.1. The summed E-state index contributed by atoms with van der Waals surface area (Å²) in [6.45, 7) is 6.04. The van der Waals surface area contributed by atoms with Crippen molar-refractivity contribution in [2.24, 2.45) is 5.73 Å². The third kappa shape index (κ3) is 4.24. The average Bonchev–Trinajstić information content (AvgIpc) is 2.85. The van der Waals surface area contributed by atoms with Crippen molar-refractivity contribution >= 4 is 17.7 Å². The molecule has 2 N–H and O–H groups in total. The first-order chi connectivity index (χ1) is 9.92. The molecule has 0 fully saturated rings. The highest BCUT2D eigenvalue weighted by Gasteiger charge is 2.32. The first-order valence-corrected chi connectivity index (χ1v) is 8.55. The SMILES string of the molecule is CCOC(=O)C(C)(N)CC(C)Sc1ccc2c(c1)CCC2.